The summed E-state index contributed by atoms with van der Waals surface area (Å²) in [5.74, 6) is 1.81. The number of unbranched alkanes of at least 4 members (excludes halogenated alkanes) is 6. The van der Waals surface area contributed by atoms with Gasteiger partial charge in [-0.15, -0.1) is 0 Å². The molecule has 36 heavy (non-hydrogen) atoms. The summed E-state index contributed by atoms with van der Waals surface area (Å²) in [4.78, 5) is 24.5. The summed E-state index contributed by atoms with van der Waals surface area (Å²) in [6.45, 7) is 13.0. The first-order valence-electron chi connectivity index (χ1n) is 13.5. The Morgan fingerprint density at radius 1 is 0.694 bits per heavy atom. The van der Waals surface area contributed by atoms with Crippen molar-refractivity contribution in [3.63, 3.8) is 0 Å². The van der Waals surface area contributed by atoms with Gasteiger partial charge in [-0.1, -0.05) is 84.1 Å². The summed E-state index contributed by atoms with van der Waals surface area (Å²) in [7, 11) is 0. The number of aryl methyl sites for hydroxylation is 2. The zero-order valence-corrected chi connectivity index (χ0v) is 23.1. The van der Waals surface area contributed by atoms with E-state index >= 15 is 0 Å². The topological polar surface area (TPSA) is 64.6 Å². The molecule has 2 aromatic carbocycles. The van der Waals surface area contributed by atoms with Crippen LogP contribution < -0.4 is 14.8 Å². The van der Waals surface area contributed by atoms with Crippen molar-refractivity contribution in [3.8, 4) is 11.5 Å². The maximum atomic E-state index is 12.3. The largest absolute Gasteiger partial charge is 0.426 e. The molecule has 0 aliphatic rings. The van der Waals surface area contributed by atoms with Crippen molar-refractivity contribution in [1.82, 2.24) is 5.32 Å². The highest BCUT2D eigenvalue weighted by Crippen LogP contribution is 2.29. The van der Waals surface area contributed by atoms with Gasteiger partial charge in [-0.3, -0.25) is 4.79 Å². The Balaban J connectivity index is 1.53. The Bertz CT molecular complexity index is 901. The number of nitrogens with one attached hydrogen (secondary N) is 1. The molecule has 0 saturated heterocycles. The molecular weight excluding hydrogens is 450 g/mol. The molecule has 0 bridgehead atoms. The molecule has 0 radical (unpaired) electrons. The predicted octanol–water partition coefficient (Wildman–Crippen LogP) is 8.37. The van der Waals surface area contributed by atoms with Crippen LogP contribution in [0.4, 0.5) is 4.79 Å². The minimum absolute atomic E-state index is 0.147. The van der Waals surface area contributed by atoms with E-state index in [9.17, 15) is 9.59 Å². The Morgan fingerprint density at radius 3 is 1.69 bits per heavy atom. The molecule has 2 rings (SSSR count). The van der Waals surface area contributed by atoms with Crippen LogP contribution in [-0.4, -0.2) is 18.6 Å². The van der Waals surface area contributed by atoms with Crippen molar-refractivity contribution >= 4 is 12.1 Å². The van der Waals surface area contributed by atoms with Gasteiger partial charge >= 0.3 is 12.1 Å². The van der Waals surface area contributed by atoms with Gasteiger partial charge in [0, 0.05) is 13.0 Å². The van der Waals surface area contributed by atoms with Crippen LogP contribution in [-0.2, 0) is 4.79 Å². The van der Waals surface area contributed by atoms with E-state index in [1.165, 1.54) is 0 Å². The number of carbonyl (C=O) groups excluding carboxylic acids is 2. The Hall–Kier alpha value is -2.82. The number of amides is 1. The van der Waals surface area contributed by atoms with Gasteiger partial charge in [-0.2, -0.15) is 0 Å². The first-order valence-corrected chi connectivity index (χ1v) is 13.5. The minimum atomic E-state index is -0.388. The smallest absolute Gasteiger partial charge is 0.412 e. The minimum Gasteiger partial charge on any atom is -0.426 e. The van der Waals surface area contributed by atoms with E-state index in [2.05, 4.69) is 39.1 Å². The fourth-order valence-electron chi connectivity index (χ4n) is 4.19. The second-order valence-corrected chi connectivity index (χ2v) is 10.4. The number of benzene rings is 2. The average Bonchev–Trinajstić information content (AvgIpc) is 2.80. The normalized spacial score (nSPS) is 11.1. The molecule has 0 saturated carbocycles. The van der Waals surface area contributed by atoms with Crippen LogP contribution in [0.1, 0.15) is 113 Å². The number of hydrogen-bond acceptors (Lipinski definition) is 4. The lowest BCUT2D eigenvalue weighted by molar-refractivity contribution is -0.134. The lowest BCUT2D eigenvalue weighted by atomic mass is 10.0. The first-order chi connectivity index (χ1) is 17.2. The van der Waals surface area contributed by atoms with E-state index in [0.29, 0.717) is 36.3 Å². The predicted molar refractivity (Wildman–Crippen MR) is 147 cm³/mol. The molecule has 0 unspecified atom stereocenters. The van der Waals surface area contributed by atoms with Crippen LogP contribution >= 0.6 is 0 Å². The summed E-state index contributed by atoms with van der Waals surface area (Å²) in [5, 5.41) is 2.86. The van der Waals surface area contributed by atoms with Gasteiger partial charge in [0.25, 0.3) is 0 Å². The highest BCUT2D eigenvalue weighted by Gasteiger charge is 2.13. The molecular formula is C31H45NO4. The molecule has 1 amide bonds. The van der Waals surface area contributed by atoms with Gasteiger partial charge < -0.3 is 14.8 Å². The average molecular weight is 496 g/mol. The number of esters is 1. The molecule has 0 aliphatic heterocycles. The quantitative estimate of drug-likeness (QED) is 0.162. The van der Waals surface area contributed by atoms with Gasteiger partial charge in [0.2, 0.25) is 0 Å². The standard InChI is InChI=1S/C31H45NO4/c1-22(2)26-17-15-24(5)20-28(26)35-30(33)14-12-10-8-7-9-11-13-19-32-31(34)36-29-21-25(6)16-18-27(29)23(3)4/h15-18,20-23H,7-14,19H2,1-6H3,(H,32,34). The van der Waals surface area contributed by atoms with E-state index in [1.807, 2.05) is 44.2 Å². The van der Waals surface area contributed by atoms with Crippen LogP contribution in [0.3, 0.4) is 0 Å². The van der Waals surface area contributed by atoms with Gasteiger partial charge in [-0.25, -0.2) is 4.79 Å². The summed E-state index contributed by atoms with van der Waals surface area (Å²) in [6.07, 6.45) is 7.31. The zero-order valence-electron chi connectivity index (χ0n) is 23.1. The van der Waals surface area contributed by atoms with Crippen molar-refractivity contribution in [3.05, 3.63) is 58.7 Å². The van der Waals surface area contributed by atoms with Crippen LogP contribution in [0.25, 0.3) is 0 Å². The molecule has 5 heteroatoms. The number of carbonyl (C=O) groups is 2. The van der Waals surface area contributed by atoms with Gasteiger partial charge in [0.1, 0.15) is 11.5 Å². The molecule has 0 heterocycles. The summed E-state index contributed by atoms with van der Waals surface area (Å²) < 4.78 is 11.2. The maximum absolute atomic E-state index is 12.3. The van der Waals surface area contributed by atoms with Crippen molar-refractivity contribution in [2.24, 2.45) is 0 Å². The monoisotopic (exact) mass is 495 g/mol. The van der Waals surface area contributed by atoms with Gasteiger partial charge in [-0.05, 0) is 72.9 Å². The highest BCUT2D eigenvalue weighted by molar-refractivity contribution is 5.73. The van der Waals surface area contributed by atoms with Crippen LogP contribution in [0.5, 0.6) is 11.5 Å². The van der Waals surface area contributed by atoms with Crippen LogP contribution in [0.15, 0.2) is 36.4 Å². The summed E-state index contributed by atoms with van der Waals surface area (Å²) in [5.41, 5.74) is 4.29. The van der Waals surface area contributed by atoms with Crippen molar-refractivity contribution in [1.29, 1.82) is 0 Å². The molecule has 0 spiro atoms. The third kappa shape index (κ3) is 10.4. The van der Waals surface area contributed by atoms with E-state index in [1.54, 1.807) is 0 Å². The van der Waals surface area contributed by atoms with Crippen LogP contribution in [0.2, 0.25) is 0 Å². The molecule has 0 fully saturated rings. The third-order valence-corrected chi connectivity index (χ3v) is 6.34. The van der Waals surface area contributed by atoms with E-state index < -0.39 is 0 Å². The Labute approximate surface area is 218 Å². The van der Waals surface area contributed by atoms with Crippen LogP contribution in [0, 0.1) is 13.8 Å². The number of ether oxygens (including phenoxy) is 2. The molecule has 0 atom stereocenters. The number of rotatable bonds is 14. The lowest BCUT2D eigenvalue weighted by Crippen LogP contribution is -2.28. The molecule has 0 aromatic heterocycles. The highest BCUT2D eigenvalue weighted by atomic mass is 16.6. The third-order valence-electron chi connectivity index (χ3n) is 6.34. The fraction of sp³-hybridized carbons (Fsp3) is 0.548. The van der Waals surface area contributed by atoms with Gasteiger partial charge in [0.05, 0.1) is 0 Å². The molecule has 2 aromatic rings. The Kier molecular flexibility index (Phi) is 12.5. The maximum Gasteiger partial charge on any atom is 0.412 e. The fourth-order valence-corrected chi connectivity index (χ4v) is 4.19. The lowest BCUT2D eigenvalue weighted by Gasteiger charge is -2.14. The summed E-state index contributed by atoms with van der Waals surface area (Å²) in [6, 6.07) is 12.0. The first kappa shape index (κ1) is 29.4. The van der Waals surface area contributed by atoms with Crippen molar-refractivity contribution in [2.75, 3.05) is 6.54 Å². The van der Waals surface area contributed by atoms with Gasteiger partial charge in [0.15, 0.2) is 0 Å². The molecule has 0 aliphatic carbocycles. The molecule has 198 valence electrons. The van der Waals surface area contributed by atoms with Crippen molar-refractivity contribution in [2.45, 2.75) is 105 Å². The SMILES string of the molecule is Cc1ccc(C(C)C)c(OC(=O)CCCCCCCCCNC(=O)Oc2cc(C)ccc2C(C)C)c1. The summed E-state index contributed by atoms with van der Waals surface area (Å²) >= 11 is 0. The zero-order chi connectivity index (χ0) is 26.5. The van der Waals surface area contributed by atoms with E-state index in [-0.39, 0.29) is 12.1 Å². The second kappa shape index (κ2) is 15.3. The second-order valence-electron chi connectivity index (χ2n) is 10.4. The Morgan fingerprint density at radius 2 is 1.17 bits per heavy atom. The van der Waals surface area contributed by atoms with E-state index in [0.717, 1.165) is 67.2 Å². The molecule has 5 nitrogen and oxygen atoms in total. The number of hydrogen-bond donors (Lipinski definition) is 1. The molecule has 1 N–H and O–H groups in total. The van der Waals surface area contributed by atoms with Crippen molar-refractivity contribution < 1.29 is 19.1 Å². The van der Waals surface area contributed by atoms with E-state index in [4.69, 9.17) is 9.47 Å².